The van der Waals surface area contributed by atoms with E-state index in [-0.39, 0.29) is 24.2 Å². The second kappa shape index (κ2) is 9.40. The van der Waals surface area contributed by atoms with Crippen LogP contribution in [0.4, 0.5) is 0 Å². The number of hydrogen-bond donors (Lipinski definition) is 2. The van der Waals surface area contributed by atoms with E-state index < -0.39 is 14.5 Å². The van der Waals surface area contributed by atoms with Crippen molar-refractivity contribution in [3.05, 3.63) is 35.9 Å². The highest BCUT2D eigenvalue weighted by atomic mass is 31.2. The Morgan fingerprint density at radius 2 is 1.12 bits per heavy atom. The van der Waals surface area contributed by atoms with Gasteiger partial charge in [0.2, 0.25) is 5.85 Å². The molecule has 0 aliphatic rings. The summed E-state index contributed by atoms with van der Waals surface area (Å²) in [4.78, 5) is 24.3. The van der Waals surface area contributed by atoms with Crippen LogP contribution in [0.25, 0.3) is 0 Å². The summed E-state index contributed by atoms with van der Waals surface area (Å²) in [6, 6.07) is 10.4. The topological polar surface area (TPSA) is 56.2 Å². The number of benzene rings is 1. The SMILES string of the molecule is CC(C)N(C(C)C)C(OP(O)O)(c1ccccc1)N(C(C)C)C(C)C. The van der Waals surface area contributed by atoms with Crippen molar-refractivity contribution in [3.8, 4) is 0 Å². The van der Waals surface area contributed by atoms with Crippen LogP contribution >= 0.6 is 8.60 Å². The normalized spacial score (nSPS) is 13.5. The van der Waals surface area contributed by atoms with Gasteiger partial charge in [-0.15, -0.1) is 0 Å². The second-order valence-electron chi connectivity index (χ2n) is 7.51. The lowest BCUT2D eigenvalue weighted by Gasteiger charge is -2.56. The molecule has 0 bridgehead atoms. The van der Waals surface area contributed by atoms with E-state index in [0.717, 1.165) is 5.56 Å². The summed E-state index contributed by atoms with van der Waals surface area (Å²) in [5.74, 6) is -1.07. The molecule has 0 fully saturated rings. The van der Waals surface area contributed by atoms with Gasteiger partial charge in [0.1, 0.15) is 0 Å². The smallest absolute Gasteiger partial charge is 0.328 e. The molecule has 6 heteroatoms. The van der Waals surface area contributed by atoms with Crippen LogP contribution in [0.3, 0.4) is 0 Å². The predicted octanol–water partition coefficient (Wildman–Crippen LogP) is 4.26. The summed E-state index contributed by atoms with van der Waals surface area (Å²) in [6.07, 6.45) is 0. The van der Waals surface area contributed by atoms with Crippen LogP contribution in [0, 0.1) is 0 Å². The van der Waals surface area contributed by atoms with Crippen molar-refractivity contribution in [1.82, 2.24) is 9.80 Å². The van der Waals surface area contributed by atoms with E-state index in [9.17, 15) is 9.79 Å². The molecule has 0 heterocycles. The Bertz CT molecular complexity index is 471. The first kappa shape index (κ1) is 22.5. The van der Waals surface area contributed by atoms with Crippen molar-refractivity contribution in [2.24, 2.45) is 0 Å². The third-order valence-electron chi connectivity index (χ3n) is 4.28. The number of hydrogen-bond acceptors (Lipinski definition) is 5. The molecule has 0 unspecified atom stereocenters. The average molecular weight is 370 g/mol. The average Bonchev–Trinajstić information content (AvgIpc) is 2.45. The fourth-order valence-corrected chi connectivity index (χ4v) is 4.46. The molecule has 2 N–H and O–H groups in total. The van der Waals surface area contributed by atoms with Crippen LogP contribution in [-0.4, -0.2) is 43.8 Å². The molecular formula is C19H35N2O3P. The third kappa shape index (κ3) is 5.00. The zero-order chi connectivity index (χ0) is 19.4. The van der Waals surface area contributed by atoms with E-state index in [1.807, 2.05) is 30.3 Å². The minimum Gasteiger partial charge on any atom is -0.328 e. The van der Waals surface area contributed by atoms with E-state index in [4.69, 9.17) is 4.52 Å². The van der Waals surface area contributed by atoms with Gasteiger partial charge in [0.05, 0.1) is 0 Å². The van der Waals surface area contributed by atoms with Gasteiger partial charge in [-0.1, -0.05) is 30.3 Å². The van der Waals surface area contributed by atoms with Gasteiger partial charge >= 0.3 is 8.60 Å². The van der Waals surface area contributed by atoms with Crippen LogP contribution in [-0.2, 0) is 10.4 Å². The van der Waals surface area contributed by atoms with E-state index in [2.05, 4.69) is 65.2 Å². The van der Waals surface area contributed by atoms with Crippen molar-refractivity contribution in [1.29, 1.82) is 0 Å². The summed E-state index contributed by atoms with van der Waals surface area (Å²) in [6.45, 7) is 16.9. The largest absolute Gasteiger partial charge is 0.330 e. The molecule has 0 aromatic heterocycles. The van der Waals surface area contributed by atoms with Crippen molar-refractivity contribution in [2.45, 2.75) is 85.4 Å². The van der Waals surface area contributed by atoms with Gasteiger partial charge in [0, 0.05) is 29.7 Å². The molecule has 0 amide bonds. The first-order chi connectivity index (χ1) is 11.6. The minimum atomic E-state index is -2.56. The van der Waals surface area contributed by atoms with Gasteiger partial charge in [0.15, 0.2) is 0 Å². The molecule has 5 nitrogen and oxygen atoms in total. The third-order valence-corrected chi connectivity index (χ3v) is 4.70. The Labute approximate surface area is 154 Å². The molecule has 0 saturated carbocycles. The summed E-state index contributed by atoms with van der Waals surface area (Å²) >= 11 is 0. The zero-order valence-electron chi connectivity index (χ0n) is 16.8. The molecule has 144 valence electrons. The number of nitrogens with zero attached hydrogens (tertiary/aromatic N) is 2. The van der Waals surface area contributed by atoms with Gasteiger partial charge in [0.25, 0.3) is 0 Å². The molecule has 0 atom stereocenters. The molecule has 1 aromatic rings. The summed E-state index contributed by atoms with van der Waals surface area (Å²) < 4.78 is 6.02. The van der Waals surface area contributed by atoms with Gasteiger partial charge in [-0.3, -0.25) is 14.3 Å². The Kier molecular flexibility index (Phi) is 8.46. The Balaban J connectivity index is 3.81. The molecule has 1 aromatic carbocycles. The van der Waals surface area contributed by atoms with E-state index in [0.29, 0.717) is 0 Å². The van der Waals surface area contributed by atoms with Gasteiger partial charge in [-0.25, -0.2) is 0 Å². The lowest BCUT2D eigenvalue weighted by Crippen LogP contribution is -2.66. The highest BCUT2D eigenvalue weighted by molar-refractivity contribution is 7.39. The van der Waals surface area contributed by atoms with Crippen LogP contribution in [0.1, 0.15) is 61.0 Å². The highest BCUT2D eigenvalue weighted by Crippen LogP contribution is 2.47. The maximum Gasteiger partial charge on any atom is 0.330 e. The quantitative estimate of drug-likeness (QED) is 0.502. The second-order valence-corrected chi connectivity index (χ2v) is 8.20. The summed E-state index contributed by atoms with van der Waals surface area (Å²) in [7, 11) is -2.56. The molecule has 0 radical (unpaired) electrons. The highest BCUT2D eigenvalue weighted by Gasteiger charge is 2.51. The molecular weight excluding hydrogens is 335 g/mol. The van der Waals surface area contributed by atoms with E-state index in [1.54, 1.807) is 0 Å². The molecule has 25 heavy (non-hydrogen) atoms. The van der Waals surface area contributed by atoms with E-state index in [1.165, 1.54) is 0 Å². The lowest BCUT2D eigenvalue weighted by molar-refractivity contribution is -0.250. The predicted molar refractivity (Wildman–Crippen MR) is 105 cm³/mol. The van der Waals surface area contributed by atoms with Crippen LogP contribution in [0.5, 0.6) is 0 Å². The Morgan fingerprint density at radius 3 is 1.40 bits per heavy atom. The van der Waals surface area contributed by atoms with Crippen LogP contribution in [0.2, 0.25) is 0 Å². The number of rotatable bonds is 9. The molecule has 1 rings (SSSR count). The minimum absolute atomic E-state index is 0.134. The summed E-state index contributed by atoms with van der Waals surface area (Å²) in [5.41, 5.74) is 0.899. The molecule has 0 aliphatic carbocycles. The van der Waals surface area contributed by atoms with Crippen LogP contribution in [0.15, 0.2) is 30.3 Å². The zero-order valence-corrected chi connectivity index (χ0v) is 17.7. The molecule has 0 saturated heterocycles. The van der Waals surface area contributed by atoms with Gasteiger partial charge < -0.3 is 9.79 Å². The maximum atomic E-state index is 9.92. The van der Waals surface area contributed by atoms with Crippen molar-refractivity contribution < 1.29 is 14.3 Å². The van der Waals surface area contributed by atoms with Gasteiger partial charge in [-0.2, -0.15) is 0 Å². The maximum absolute atomic E-state index is 9.92. The van der Waals surface area contributed by atoms with Crippen molar-refractivity contribution >= 4 is 8.60 Å². The summed E-state index contributed by atoms with van der Waals surface area (Å²) in [5, 5.41) is 0. The first-order valence-electron chi connectivity index (χ1n) is 9.05. The lowest BCUT2D eigenvalue weighted by atomic mass is 10.00. The Hall–Kier alpha value is -0.550. The van der Waals surface area contributed by atoms with E-state index >= 15 is 0 Å². The van der Waals surface area contributed by atoms with Gasteiger partial charge in [-0.05, 0) is 55.4 Å². The fraction of sp³-hybridized carbons (Fsp3) is 0.684. The standard InChI is InChI=1S/C19H35N2O3P/c1-14(2)20(15(3)4)19(24-25(22)23,18-12-10-9-11-13-18)21(16(5)6)17(7)8/h9-17,22-23H,1-8H3. The van der Waals surface area contributed by atoms with Crippen molar-refractivity contribution in [3.63, 3.8) is 0 Å². The molecule has 0 spiro atoms. The molecule has 0 aliphatic heterocycles. The Morgan fingerprint density at radius 1 is 0.760 bits per heavy atom. The van der Waals surface area contributed by atoms with Crippen LogP contribution < -0.4 is 0 Å². The first-order valence-corrected chi connectivity index (χ1v) is 10.2. The van der Waals surface area contributed by atoms with Crippen molar-refractivity contribution in [2.75, 3.05) is 0 Å². The monoisotopic (exact) mass is 370 g/mol. The fourth-order valence-electron chi connectivity index (χ4n) is 3.94.